The number of aromatic amines is 1. The fourth-order valence-electron chi connectivity index (χ4n) is 2.69. The van der Waals surface area contributed by atoms with Gasteiger partial charge in [0.2, 0.25) is 0 Å². The normalized spacial score (nSPS) is 13.9. The summed E-state index contributed by atoms with van der Waals surface area (Å²) >= 11 is 12.3. The molecule has 2 rings (SSSR count). The summed E-state index contributed by atoms with van der Waals surface area (Å²) in [5.41, 5.74) is 2.17. The van der Waals surface area contributed by atoms with E-state index in [2.05, 4.69) is 25.1 Å². The number of rotatable bonds is 11. The van der Waals surface area contributed by atoms with E-state index in [0.717, 1.165) is 5.57 Å². The third-order valence-corrected chi connectivity index (χ3v) is 5.58. The molecule has 0 spiro atoms. The largest absolute Gasteiger partial charge is 0.469 e. The number of phosphoric ester groups is 1. The van der Waals surface area contributed by atoms with Crippen molar-refractivity contribution in [2.24, 2.45) is 4.99 Å². The van der Waals surface area contributed by atoms with Crippen LogP contribution >= 0.6 is 31.0 Å². The average Bonchev–Trinajstić information content (AvgIpc) is 3.23. The first-order valence-electron chi connectivity index (χ1n) is 10.0. The van der Waals surface area contributed by atoms with E-state index < -0.39 is 26.4 Å². The maximum absolute atomic E-state index is 12.8. The molecule has 12 heteroatoms. The zero-order valence-corrected chi connectivity index (χ0v) is 20.8. The van der Waals surface area contributed by atoms with E-state index in [1.807, 2.05) is 13.8 Å². The third kappa shape index (κ3) is 9.43. The average molecular weight is 517 g/mol. The molecule has 1 atom stereocenters. The van der Waals surface area contributed by atoms with E-state index in [4.69, 9.17) is 33.0 Å². The van der Waals surface area contributed by atoms with E-state index in [-0.39, 0.29) is 5.69 Å². The van der Waals surface area contributed by atoms with Gasteiger partial charge in [0, 0.05) is 23.5 Å². The molecule has 33 heavy (non-hydrogen) atoms. The maximum atomic E-state index is 12.8. The molecule has 1 aromatic carbocycles. The van der Waals surface area contributed by atoms with Crippen LogP contribution in [0.5, 0.6) is 0 Å². The number of halogens is 2. The minimum atomic E-state index is -4.73. The Kier molecular flexibility index (Phi) is 10.3. The molecule has 2 aromatic rings. The molecule has 0 aliphatic heterocycles. The minimum absolute atomic E-state index is 0.232. The van der Waals surface area contributed by atoms with Gasteiger partial charge in [0.25, 0.3) is 5.91 Å². The number of aliphatic imine (C=N–C) groups is 1. The van der Waals surface area contributed by atoms with Crippen molar-refractivity contribution in [3.8, 4) is 0 Å². The van der Waals surface area contributed by atoms with E-state index in [1.54, 1.807) is 49.7 Å². The predicted molar refractivity (Wildman–Crippen MR) is 131 cm³/mol. The van der Waals surface area contributed by atoms with Gasteiger partial charge in [-0.2, -0.15) is 0 Å². The lowest BCUT2D eigenvalue weighted by molar-refractivity contribution is 0.0904. The number of hydrogen-bond donors (Lipinski definition) is 5. The highest BCUT2D eigenvalue weighted by Crippen LogP contribution is 2.37. The second-order valence-electron chi connectivity index (χ2n) is 7.47. The Balaban J connectivity index is 2.15. The first kappa shape index (κ1) is 27.3. The zero-order valence-electron chi connectivity index (χ0n) is 18.4. The smallest absolute Gasteiger partial charge is 0.357 e. The SMILES string of the molecule is C/C(=C(Cl)\C=N/CNC(C)C)c1c[nH]c(C(=O)NC(COP(=O)(O)O)c2cccc(Cl)c2)c1. The van der Waals surface area contributed by atoms with Gasteiger partial charge >= 0.3 is 7.82 Å². The van der Waals surface area contributed by atoms with Crippen molar-refractivity contribution in [3.05, 3.63) is 63.4 Å². The standard InChI is InChI=1S/C21H27Cl2N4O5P/c1-13(2)26-12-24-10-18(23)14(3)16-8-19(25-9-16)21(28)27-20(11-32-33(29,30)31)15-5-4-6-17(22)7-15/h4-10,13,20,25-26H,11-12H2,1-3H3,(H,27,28)(H2,29,30,31)/b18-14-,24-10-. The molecule has 0 bridgehead atoms. The zero-order chi connectivity index (χ0) is 24.6. The van der Waals surface area contributed by atoms with Gasteiger partial charge in [-0.15, -0.1) is 0 Å². The molecule has 0 saturated heterocycles. The van der Waals surface area contributed by atoms with Crippen LogP contribution in [0.2, 0.25) is 5.02 Å². The van der Waals surface area contributed by atoms with E-state index in [9.17, 15) is 9.36 Å². The summed E-state index contributed by atoms with van der Waals surface area (Å²) in [5, 5.41) is 6.69. The molecule has 0 aliphatic rings. The van der Waals surface area contributed by atoms with Crippen molar-refractivity contribution in [2.45, 2.75) is 32.9 Å². The Labute approximate surface area is 202 Å². The summed E-state index contributed by atoms with van der Waals surface area (Å²) in [7, 11) is -4.73. The first-order chi connectivity index (χ1) is 15.5. The van der Waals surface area contributed by atoms with Crippen molar-refractivity contribution in [1.82, 2.24) is 15.6 Å². The van der Waals surface area contributed by atoms with Gasteiger partial charge in [-0.3, -0.25) is 19.6 Å². The lowest BCUT2D eigenvalue weighted by Gasteiger charge is -2.19. The number of H-pyrrole nitrogens is 1. The summed E-state index contributed by atoms with van der Waals surface area (Å²) in [5.74, 6) is -0.501. The molecule has 9 nitrogen and oxygen atoms in total. The van der Waals surface area contributed by atoms with Gasteiger partial charge in [0.15, 0.2) is 0 Å². The number of allylic oxidation sites excluding steroid dienone is 2. The molecular weight excluding hydrogens is 490 g/mol. The first-order valence-corrected chi connectivity index (χ1v) is 12.3. The van der Waals surface area contributed by atoms with Crippen LogP contribution in [0.15, 0.2) is 46.6 Å². The number of carbonyl (C=O) groups is 1. The number of carbonyl (C=O) groups excluding carboxylic acids is 1. The van der Waals surface area contributed by atoms with Crippen LogP contribution in [-0.2, 0) is 9.09 Å². The number of aromatic nitrogens is 1. The van der Waals surface area contributed by atoms with Gasteiger partial charge in [-0.25, -0.2) is 4.57 Å². The van der Waals surface area contributed by atoms with Crippen molar-refractivity contribution >= 4 is 48.7 Å². The highest BCUT2D eigenvalue weighted by Gasteiger charge is 2.22. The lowest BCUT2D eigenvalue weighted by Crippen LogP contribution is -2.31. The van der Waals surface area contributed by atoms with E-state index in [1.165, 1.54) is 0 Å². The second kappa shape index (κ2) is 12.5. The van der Waals surface area contributed by atoms with Crippen molar-refractivity contribution < 1.29 is 23.7 Å². The topological polar surface area (TPSA) is 136 Å². The number of benzene rings is 1. The number of nitrogens with zero attached hydrogens (tertiary/aromatic N) is 1. The van der Waals surface area contributed by atoms with Gasteiger partial charge in [-0.05, 0) is 55.7 Å². The van der Waals surface area contributed by atoms with Crippen molar-refractivity contribution in [2.75, 3.05) is 13.3 Å². The Morgan fingerprint density at radius 2 is 2.06 bits per heavy atom. The highest BCUT2D eigenvalue weighted by molar-refractivity contribution is 7.46. The van der Waals surface area contributed by atoms with Crippen LogP contribution in [0.3, 0.4) is 0 Å². The Morgan fingerprint density at radius 3 is 2.70 bits per heavy atom. The highest BCUT2D eigenvalue weighted by atomic mass is 35.5. The molecule has 180 valence electrons. The van der Waals surface area contributed by atoms with Gasteiger partial charge in [0.05, 0.1) is 24.3 Å². The quantitative estimate of drug-likeness (QED) is 0.224. The summed E-state index contributed by atoms with van der Waals surface area (Å²) < 4.78 is 15.8. The third-order valence-electron chi connectivity index (χ3n) is 4.48. The second-order valence-corrected chi connectivity index (χ2v) is 9.55. The summed E-state index contributed by atoms with van der Waals surface area (Å²) in [6.07, 6.45) is 3.18. The maximum Gasteiger partial charge on any atom is 0.469 e. The fourth-order valence-corrected chi connectivity index (χ4v) is 3.41. The minimum Gasteiger partial charge on any atom is -0.357 e. The van der Waals surface area contributed by atoms with Crippen LogP contribution in [0.1, 0.15) is 48.4 Å². The molecule has 0 aliphatic carbocycles. The Hall–Kier alpha value is -1.97. The molecule has 1 amide bonds. The molecule has 5 N–H and O–H groups in total. The van der Waals surface area contributed by atoms with Crippen LogP contribution < -0.4 is 10.6 Å². The van der Waals surface area contributed by atoms with Crippen LogP contribution in [0.25, 0.3) is 5.57 Å². The Morgan fingerprint density at radius 1 is 1.33 bits per heavy atom. The van der Waals surface area contributed by atoms with E-state index >= 15 is 0 Å². The molecular formula is C21H27Cl2N4O5P. The monoisotopic (exact) mass is 516 g/mol. The molecule has 1 unspecified atom stereocenters. The van der Waals surface area contributed by atoms with Crippen LogP contribution in [0, 0.1) is 0 Å². The van der Waals surface area contributed by atoms with E-state index in [0.29, 0.717) is 33.9 Å². The van der Waals surface area contributed by atoms with Crippen molar-refractivity contribution in [3.63, 3.8) is 0 Å². The van der Waals surface area contributed by atoms with Crippen LogP contribution in [-0.4, -0.2) is 46.2 Å². The summed E-state index contributed by atoms with van der Waals surface area (Å²) in [6, 6.07) is 7.62. The van der Waals surface area contributed by atoms with Gasteiger partial charge < -0.3 is 20.1 Å². The fraction of sp³-hybridized carbons (Fsp3) is 0.333. The number of phosphoric acid groups is 1. The number of hydrogen-bond acceptors (Lipinski definition) is 5. The summed E-state index contributed by atoms with van der Waals surface area (Å²) in [6.45, 7) is 5.82. The molecule has 1 heterocycles. The Bertz CT molecular complexity index is 1060. The predicted octanol–water partition coefficient (Wildman–Crippen LogP) is 4.24. The van der Waals surface area contributed by atoms with Gasteiger partial charge in [0.1, 0.15) is 5.69 Å². The number of nitrogens with one attached hydrogen (secondary N) is 3. The summed E-state index contributed by atoms with van der Waals surface area (Å²) in [4.78, 5) is 38.0. The molecule has 1 aromatic heterocycles. The molecule has 0 saturated carbocycles. The molecule has 0 fully saturated rings. The van der Waals surface area contributed by atoms with Gasteiger partial charge in [-0.1, -0.05) is 35.3 Å². The lowest BCUT2D eigenvalue weighted by atomic mass is 10.1. The van der Waals surface area contributed by atoms with Crippen molar-refractivity contribution in [1.29, 1.82) is 0 Å². The molecule has 0 radical (unpaired) electrons. The van der Waals surface area contributed by atoms with Crippen LogP contribution in [0.4, 0.5) is 0 Å². The number of amides is 1.